The van der Waals surface area contributed by atoms with E-state index in [2.05, 4.69) is 5.32 Å². The second kappa shape index (κ2) is 12.6. The summed E-state index contributed by atoms with van der Waals surface area (Å²) in [5.74, 6) is -0.813. The van der Waals surface area contributed by atoms with Crippen molar-refractivity contribution in [1.82, 2.24) is 10.2 Å². The van der Waals surface area contributed by atoms with Gasteiger partial charge in [-0.3, -0.25) is 13.9 Å². The molecule has 0 saturated heterocycles. The lowest BCUT2D eigenvalue weighted by atomic mass is 10.1. The van der Waals surface area contributed by atoms with E-state index in [-0.39, 0.29) is 34.2 Å². The highest BCUT2D eigenvalue weighted by atomic mass is 35.5. The second-order valence-corrected chi connectivity index (χ2v) is 11.4. The number of amides is 2. The number of anilines is 1. The highest BCUT2D eigenvalue weighted by molar-refractivity contribution is 7.92. The zero-order chi connectivity index (χ0) is 26.3. The zero-order valence-electron chi connectivity index (χ0n) is 20.7. The lowest BCUT2D eigenvalue weighted by Crippen LogP contribution is -2.53. The van der Waals surface area contributed by atoms with Crippen molar-refractivity contribution in [3.05, 3.63) is 63.6 Å². The van der Waals surface area contributed by atoms with Crippen molar-refractivity contribution >= 4 is 50.7 Å². The van der Waals surface area contributed by atoms with Gasteiger partial charge in [0.15, 0.2) is 0 Å². The van der Waals surface area contributed by atoms with Crippen LogP contribution in [0.1, 0.15) is 44.7 Å². The lowest BCUT2D eigenvalue weighted by molar-refractivity contribution is -0.140. The van der Waals surface area contributed by atoms with Gasteiger partial charge in [0.2, 0.25) is 21.8 Å². The second-order valence-electron chi connectivity index (χ2n) is 8.61. The number of rotatable bonds is 11. The first-order chi connectivity index (χ1) is 16.4. The van der Waals surface area contributed by atoms with Crippen LogP contribution in [0.3, 0.4) is 0 Å². The van der Waals surface area contributed by atoms with Crippen LogP contribution < -0.4 is 9.62 Å². The Balaban J connectivity index is 2.47. The number of aryl methyl sites for hydroxylation is 1. The van der Waals surface area contributed by atoms with Crippen LogP contribution in [0.15, 0.2) is 42.5 Å². The maximum absolute atomic E-state index is 13.7. The van der Waals surface area contributed by atoms with Crippen molar-refractivity contribution in [2.45, 2.75) is 59.2 Å². The minimum Gasteiger partial charge on any atom is -0.352 e. The first-order valence-electron chi connectivity index (χ1n) is 11.5. The lowest BCUT2D eigenvalue weighted by Gasteiger charge is -2.33. The van der Waals surface area contributed by atoms with E-state index >= 15 is 0 Å². The van der Waals surface area contributed by atoms with Crippen LogP contribution in [0.4, 0.5) is 5.69 Å². The fraction of sp³-hybridized carbons (Fsp3) is 0.440. The molecule has 2 atom stereocenters. The maximum Gasteiger partial charge on any atom is 0.244 e. The number of hydrogen-bond donors (Lipinski definition) is 1. The van der Waals surface area contributed by atoms with Gasteiger partial charge in [0.05, 0.1) is 17.0 Å². The van der Waals surface area contributed by atoms with Gasteiger partial charge in [-0.25, -0.2) is 8.42 Å². The van der Waals surface area contributed by atoms with Crippen molar-refractivity contribution in [3.8, 4) is 0 Å². The standard InChI is InChI=1S/C25H33Cl2N3O4S/c1-6-18(4)28-25(32)22(7-2)29(15-19-10-8-17(3)9-11-19)24(31)16-30(35(5,33)34)23-14-20(26)12-13-21(23)27/h8-14,18,22H,6-7,15-16H2,1-5H3,(H,28,32)/t18-,22+/m0/s1. The summed E-state index contributed by atoms with van der Waals surface area (Å²) in [4.78, 5) is 28.2. The molecule has 0 unspecified atom stereocenters. The van der Waals surface area contributed by atoms with Gasteiger partial charge in [-0.15, -0.1) is 0 Å². The third-order valence-electron chi connectivity index (χ3n) is 5.72. The van der Waals surface area contributed by atoms with E-state index in [9.17, 15) is 18.0 Å². The van der Waals surface area contributed by atoms with Crippen LogP contribution in [0.5, 0.6) is 0 Å². The Morgan fingerprint density at radius 1 is 1.03 bits per heavy atom. The van der Waals surface area contributed by atoms with Gasteiger partial charge in [-0.1, -0.05) is 66.9 Å². The molecule has 0 bridgehead atoms. The summed E-state index contributed by atoms with van der Waals surface area (Å²) in [5, 5.41) is 3.36. The van der Waals surface area contributed by atoms with Gasteiger partial charge in [0.1, 0.15) is 12.6 Å². The number of carbonyl (C=O) groups is 2. The number of hydrogen-bond acceptors (Lipinski definition) is 4. The fourth-order valence-corrected chi connectivity index (χ4v) is 4.81. The van der Waals surface area contributed by atoms with Gasteiger partial charge in [-0.05, 0) is 50.5 Å². The predicted molar refractivity (Wildman–Crippen MR) is 142 cm³/mol. The molecule has 0 saturated carbocycles. The highest BCUT2D eigenvalue weighted by Crippen LogP contribution is 2.31. The molecule has 7 nitrogen and oxygen atoms in total. The molecule has 10 heteroatoms. The van der Waals surface area contributed by atoms with Crippen molar-refractivity contribution < 1.29 is 18.0 Å². The van der Waals surface area contributed by atoms with Crippen LogP contribution in [0.25, 0.3) is 0 Å². The van der Waals surface area contributed by atoms with Crippen LogP contribution in [-0.2, 0) is 26.2 Å². The summed E-state index contributed by atoms with van der Waals surface area (Å²) >= 11 is 12.3. The van der Waals surface area contributed by atoms with Gasteiger partial charge in [-0.2, -0.15) is 0 Å². The van der Waals surface area contributed by atoms with Crippen LogP contribution in [0, 0.1) is 6.92 Å². The number of sulfonamides is 1. The Morgan fingerprint density at radius 2 is 1.66 bits per heavy atom. The van der Waals surface area contributed by atoms with E-state index in [0.717, 1.165) is 28.1 Å². The van der Waals surface area contributed by atoms with Crippen molar-refractivity contribution in [2.24, 2.45) is 0 Å². The van der Waals surface area contributed by atoms with Crippen LogP contribution in [0.2, 0.25) is 10.0 Å². The summed E-state index contributed by atoms with van der Waals surface area (Å²) in [6.45, 7) is 7.24. The number of nitrogens with zero attached hydrogens (tertiary/aromatic N) is 2. The normalized spacial score (nSPS) is 13.1. The number of halogens is 2. The molecular formula is C25H33Cl2N3O4S. The molecule has 0 radical (unpaired) electrons. The number of benzene rings is 2. The maximum atomic E-state index is 13.7. The number of carbonyl (C=O) groups excluding carboxylic acids is 2. The third-order valence-corrected chi connectivity index (χ3v) is 7.40. The average molecular weight is 543 g/mol. The molecule has 2 aromatic carbocycles. The Labute approximate surface area is 218 Å². The van der Waals surface area contributed by atoms with Crippen molar-refractivity contribution in [1.29, 1.82) is 0 Å². The Kier molecular flexibility index (Phi) is 10.4. The SMILES string of the molecule is CC[C@H](C(=O)N[C@@H](C)CC)N(Cc1ccc(C)cc1)C(=O)CN(c1cc(Cl)ccc1Cl)S(C)(=O)=O. The Bertz CT molecular complexity index is 1140. The minimum atomic E-state index is -3.90. The fourth-order valence-electron chi connectivity index (χ4n) is 3.52. The molecule has 0 aliphatic heterocycles. The molecule has 1 N–H and O–H groups in total. The molecule has 2 aromatic rings. The van der Waals surface area contributed by atoms with Gasteiger partial charge in [0, 0.05) is 17.6 Å². The van der Waals surface area contributed by atoms with Crippen LogP contribution in [-0.4, -0.2) is 50.0 Å². The molecule has 2 amide bonds. The molecule has 0 aliphatic rings. The molecule has 0 aliphatic carbocycles. The minimum absolute atomic E-state index is 0.0642. The molecule has 2 rings (SSSR count). The third kappa shape index (κ3) is 8.12. The first kappa shape index (κ1) is 28.9. The topological polar surface area (TPSA) is 86.8 Å². The smallest absolute Gasteiger partial charge is 0.244 e. The van der Waals surface area contributed by atoms with E-state index in [4.69, 9.17) is 23.2 Å². The quantitative estimate of drug-likeness (QED) is 0.443. The van der Waals surface area contributed by atoms with E-state index in [0.29, 0.717) is 6.42 Å². The summed E-state index contributed by atoms with van der Waals surface area (Å²) < 4.78 is 26.3. The summed E-state index contributed by atoms with van der Waals surface area (Å²) in [7, 11) is -3.90. The predicted octanol–water partition coefficient (Wildman–Crippen LogP) is 4.79. The van der Waals surface area contributed by atoms with E-state index < -0.39 is 28.5 Å². The molecule has 0 heterocycles. The Morgan fingerprint density at radius 3 is 2.20 bits per heavy atom. The molecule has 0 aromatic heterocycles. The monoisotopic (exact) mass is 541 g/mol. The van der Waals surface area contributed by atoms with Gasteiger partial charge >= 0.3 is 0 Å². The number of nitrogens with one attached hydrogen (secondary N) is 1. The summed E-state index contributed by atoms with van der Waals surface area (Å²) in [5.41, 5.74) is 1.99. The summed E-state index contributed by atoms with van der Waals surface area (Å²) in [6.07, 6.45) is 2.09. The molecule has 192 valence electrons. The van der Waals surface area contributed by atoms with E-state index in [1.54, 1.807) is 0 Å². The van der Waals surface area contributed by atoms with E-state index in [1.165, 1.54) is 23.1 Å². The van der Waals surface area contributed by atoms with Gasteiger partial charge in [0.25, 0.3) is 0 Å². The van der Waals surface area contributed by atoms with Crippen molar-refractivity contribution in [3.63, 3.8) is 0 Å². The zero-order valence-corrected chi connectivity index (χ0v) is 23.0. The molecule has 0 fully saturated rings. The molecular weight excluding hydrogens is 509 g/mol. The first-order valence-corrected chi connectivity index (χ1v) is 14.1. The van der Waals surface area contributed by atoms with Crippen molar-refractivity contribution in [2.75, 3.05) is 17.1 Å². The van der Waals surface area contributed by atoms with E-state index in [1.807, 2.05) is 52.0 Å². The Hall–Kier alpha value is -2.29. The molecule has 0 spiro atoms. The highest BCUT2D eigenvalue weighted by Gasteiger charge is 2.32. The largest absolute Gasteiger partial charge is 0.352 e. The summed E-state index contributed by atoms with van der Waals surface area (Å²) in [6, 6.07) is 11.2. The van der Waals surface area contributed by atoms with Gasteiger partial charge < -0.3 is 10.2 Å². The average Bonchev–Trinajstić information content (AvgIpc) is 2.79. The van der Waals surface area contributed by atoms with Crippen LogP contribution >= 0.6 is 23.2 Å². The molecule has 35 heavy (non-hydrogen) atoms.